The van der Waals surface area contributed by atoms with Crippen LogP contribution in [-0.2, 0) is 0 Å². The molecule has 0 saturated heterocycles. The predicted molar refractivity (Wildman–Crippen MR) is 66.7 cm³/mol. The molecule has 5 heteroatoms. The number of nitrogens with two attached hydrogens (primary N) is 2. The second-order valence-corrected chi connectivity index (χ2v) is 3.03. The number of amidine groups is 2. The van der Waals surface area contributed by atoms with Crippen molar-refractivity contribution < 1.29 is 0 Å². The van der Waals surface area contributed by atoms with Gasteiger partial charge in [0.05, 0.1) is 0 Å². The lowest BCUT2D eigenvalue weighted by molar-refractivity contribution is 1.41. The lowest BCUT2D eigenvalue weighted by Crippen LogP contribution is -2.19. The highest BCUT2D eigenvalue weighted by atomic mass is 14.9. The van der Waals surface area contributed by atoms with Gasteiger partial charge in [-0.15, -0.1) is 0 Å². The zero-order valence-electron chi connectivity index (χ0n) is 8.64. The Kier molecular flexibility index (Phi) is 3.97. The first kappa shape index (κ1) is 11.6. The molecule has 82 valence electrons. The summed E-state index contributed by atoms with van der Waals surface area (Å²) >= 11 is 0. The third kappa shape index (κ3) is 3.38. The van der Waals surface area contributed by atoms with Crippen LogP contribution in [0.15, 0.2) is 41.4 Å². The Morgan fingerprint density at radius 3 is 2.31 bits per heavy atom. The molecule has 0 aliphatic carbocycles. The maximum absolute atomic E-state index is 7.17. The number of hydrogen-bond donors (Lipinski definition) is 4. The van der Waals surface area contributed by atoms with E-state index >= 15 is 0 Å². The molecule has 0 bridgehead atoms. The Hall–Kier alpha value is -2.43. The predicted octanol–water partition coefficient (Wildman–Crippen LogP) is 0.970. The van der Waals surface area contributed by atoms with Crippen LogP contribution in [0, 0.1) is 10.8 Å². The summed E-state index contributed by atoms with van der Waals surface area (Å²) in [5, 5.41) is 14.1. The molecule has 1 rings (SSSR count). The van der Waals surface area contributed by atoms with Crippen molar-refractivity contribution in [1.82, 2.24) is 0 Å². The van der Waals surface area contributed by atoms with Crippen LogP contribution in [0.1, 0.15) is 5.56 Å². The van der Waals surface area contributed by atoms with Crippen LogP contribution in [0.2, 0.25) is 0 Å². The Morgan fingerprint density at radius 2 is 1.75 bits per heavy atom. The Balaban J connectivity index is 2.72. The molecule has 0 aromatic heterocycles. The van der Waals surface area contributed by atoms with Gasteiger partial charge in [0.25, 0.3) is 0 Å². The SMILES string of the molecule is N=C(N)C(=N)N=CC=C(N)c1ccccc1. The van der Waals surface area contributed by atoms with Gasteiger partial charge in [0.2, 0.25) is 0 Å². The van der Waals surface area contributed by atoms with E-state index in [1.54, 1.807) is 6.08 Å². The molecule has 0 spiro atoms. The molecule has 0 aliphatic rings. The van der Waals surface area contributed by atoms with E-state index in [2.05, 4.69) is 4.99 Å². The number of nitrogens with one attached hydrogen (secondary N) is 2. The van der Waals surface area contributed by atoms with Crippen LogP contribution in [0.5, 0.6) is 0 Å². The van der Waals surface area contributed by atoms with Gasteiger partial charge in [-0.3, -0.25) is 10.8 Å². The standard InChI is InChI=1S/C11H13N5/c12-9(8-4-2-1-3-5-8)6-7-16-11(15)10(13)14/h1-7,15H,12H2,(H3,13,14). The fraction of sp³-hybridized carbons (Fsp3) is 0. The maximum atomic E-state index is 7.17. The van der Waals surface area contributed by atoms with Gasteiger partial charge in [0.15, 0.2) is 11.7 Å². The summed E-state index contributed by atoms with van der Waals surface area (Å²) in [5.41, 5.74) is 12.2. The number of benzene rings is 1. The van der Waals surface area contributed by atoms with Crippen molar-refractivity contribution in [2.24, 2.45) is 16.5 Å². The van der Waals surface area contributed by atoms with Crippen molar-refractivity contribution in [3.05, 3.63) is 42.0 Å². The molecule has 1 aromatic rings. The third-order valence-corrected chi connectivity index (χ3v) is 1.82. The summed E-state index contributed by atoms with van der Waals surface area (Å²) in [7, 11) is 0. The van der Waals surface area contributed by atoms with Crippen LogP contribution < -0.4 is 11.5 Å². The van der Waals surface area contributed by atoms with E-state index in [4.69, 9.17) is 22.3 Å². The van der Waals surface area contributed by atoms with E-state index in [1.165, 1.54) is 6.21 Å². The first-order valence-corrected chi connectivity index (χ1v) is 4.59. The molecule has 16 heavy (non-hydrogen) atoms. The van der Waals surface area contributed by atoms with Gasteiger partial charge in [-0.05, 0) is 11.6 Å². The van der Waals surface area contributed by atoms with E-state index in [9.17, 15) is 0 Å². The van der Waals surface area contributed by atoms with Crippen LogP contribution in [0.4, 0.5) is 0 Å². The molecular formula is C11H13N5. The zero-order valence-corrected chi connectivity index (χ0v) is 8.64. The van der Waals surface area contributed by atoms with Gasteiger partial charge in [-0.2, -0.15) is 0 Å². The van der Waals surface area contributed by atoms with E-state index in [1.807, 2.05) is 30.3 Å². The van der Waals surface area contributed by atoms with Gasteiger partial charge in [-0.1, -0.05) is 30.3 Å². The van der Waals surface area contributed by atoms with Gasteiger partial charge in [0, 0.05) is 11.9 Å². The van der Waals surface area contributed by atoms with Crippen molar-refractivity contribution in [2.75, 3.05) is 0 Å². The van der Waals surface area contributed by atoms with Crippen molar-refractivity contribution in [3.63, 3.8) is 0 Å². The molecule has 5 nitrogen and oxygen atoms in total. The Bertz CT molecular complexity index is 445. The van der Waals surface area contributed by atoms with Crippen LogP contribution >= 0.6 is 0 Å². The monoisotopic (exact) mass is 215 g/mol. The first-order chi connectivity index (χ1) is 7.61. The number of allylic oxidation sites excluding steroid dienone is 1. The Labute approximate surface area is 93.5 Å². The van der Waals surface area contributed by atoms with Gasteiger partial charge < -0.3 is 11.5 Å². The first-order valence-electron chi connectivity index (χ1n) is 4.59. The summed E-state index contributed by atoms with van der Waals surface area (Å²) in [6.07, 6.45) is 2.92. The molecule has 0 fully saturated rings. The molecule has 0 saturated carbocycles. The minimum atomic E-state index is -0.372. The van der Waals surface area contributed by atoms with E-state index in [-0.39, 0.29) is 11.7 Å². The molecular weight excluding hydrogens is 202 g/mol. The minimum Gasteiger partial charge on any atom is -0.398 e. The Morgan fingerprint density at radius 1 is 1.12 bits per heavy atom. The summed E-state index contributed by atoms with van der Waals surface area (Å²) in [4.78, 5) is 3.64. The summed E-state index contributed by atoms with van der Waals surface area (Å²) in [5.74, 6) is -0.653. The maximum Gasteiger partial charge on any atom is 0.187 e. The highest BCUT2D eigenvalue weighted by Crippen LogP contribution is 2.06. The number of hydrogen-bond acceptors (Lipinski definition) is 3. The molecule has 6 N–H and O–H groups in total. The average molecular weight is 215 g/mol. The fourth-order valence-electron chi connectivity index (χ4n) is 0.988. The lowest BCUT2D eigenvalue weighted by atomic mass is 10.1. The normalized spacial score (nSPS) is 11.6. The molecule has 1 aromatic carbocycles. The number of nitrogens with zero attached hydrogens (tertiary/aromatic N) is 1. The second kappa shape index (κ2) is 5.45. The minimum absolute atomic E-state index is 0.280. The zero-order chi connectivity index (χ0) is 12.0. The van der Waals surface area contributed by atoms with Gasteiger partial charge in [-0.25, -0.2) is 4.99 Å². The molecule has 0 radical (unpaired) electrons. The molecule has 0 unspecified atom stereocenters. The molecule has 0 aliphatic heterocycles. The van der Waals surface area contributed by atoms with Crippen molar-refractivity contribution in [2.45, 2.75) is 0 Å². The smallest absolute Gasteiger partial charge is 0.187 e. The van der Waals surface area contributed by atoms with Crippen molar-refractivity contribution in [3.8, 4) is 0 Å². The van der Waals surface area contributed by atoms with E-state index in [0.29, 0.717) is 5.70 Å². The highest BCUT2D eigenvalue weighted by molar-refractivity contribution is 6.38. The van der Waals surface area contributed by atoms with Crippen LogP contribution in [0.25, 0.3) is 5.70 Å². The van der Waals surface area contributed by atoms with Crippen molar-refractivity contribution in [1.29, 1.82) is 10.8 Å². The highest BCUT2D eigenvalue weighted by Gasteiger charge is 1.94. The van der Waals surface area contributed by atoms with E-state index in [0.717, 1.165) is 5.56 Å². The van der Waals surface area contributed by atoms with Gasteiger partial charge >= 0.3 is 0 Å². The average Bonchev–Trinajstić information content (AvgIpc) is 2.29. The van der Waals surface area contributed by atoms with Gasteiger partial charge in [0.1, 0.15) is 0 Å². The largest absolute Gasteiger partial charge is 0.398 e. The number of aliphatic imine (C=N–C) groups is 1. The lowest BCUT2D eigenvalue weighted by Gasteiger charge is -1.98. The molecule has 0 amide bonds. The summed E-state index contributed by atoms with van der Waals surface area (Å²) in [6, 6.07) is 9.40. The molecule has 0 heterocycles. The van der Waals surface area contributed by atoms with Crippen LogP contribution in [-0.4, -0.2) is 17.9 Å². The molecule has 0 atom stereocenters. The third-order valence-electron chi connectivity index (χ3n) is 1.82. The van der Waals surface area contributed by atoms with Crippen molar-refractivity contribution >= 4 is 23.6 Å². The second-order valence-electron chi connectivity index (χ2n) is 3.03. The topological polar surface area (TPSA) is 112 Å². The van der Waals surface area contributed by atoms with Crippen LogP contribution in [0.3, 0.4) is 0 Å². The summed E-state index contributed by atoms with van der Waals surface area (Å²) in [6.45, 7) is 0. The summed E-state index contributed by atoms with van der Waals surface area (Å²) < 4.78 is 0. The fourth-order valence-corrected chi connectivity index (χ4v) is 0.988. The van der Waals surface area contributed by atoms with E-state index < -0.39 is 0 Å². The quantitative estimate of drug-likeness (QED) is 0.435. The number of rotatable bonds is 2.